The first-order valence-electron chi connectivity index (χ1n) is 9.83. The second kappa shape index (κ2) is 9.96. The van der Waals surface area contributed by atoms with Crippen LogP contribution in [0.3, 0.4) is 0 Å². The van der Waals surface area contributed by atoms with Crippen LogP contribution in [0.25, 0.3) is 0 Å². The van der Waals surface area contributed by atoms with Gasteiger partial charge in [0.1, 0.15) is 5.75 Å². The highest BCUT2D eigenvalue weighted by atomic mass is 19.2. The number of halogens is 2. The molecule has 1 aliphatic heterocycles. The van der Waals surface area contributed by atoms with Crippen molar-refractivity contribution in [3.05, 3.63) is 65.2 Å². The van der Waals surface area contributed by atoms with Crippen molar-refractivity contribution in [2.24, 2.45) is 0 Å². The number of rotatable bonds is 8. The smallest absolute Gasteiger partial charge is 0.163 e. The molecule has 152 valence electrons. The van der Waals surface area contributed by atoms with E-state index in [1.807, 2.05) is 25.1 Å². The fourth-order valence-electron chi connectivity index (χ4n) is 3.79. The third-order valence-electron chi connectivity index (χ3n) is 5.22. The molecule has 28 heavy (non-hydrogen) atoms. The lowest BCUT2D eigenvalue weighted by molar-refractivity contribution is 0.0488. The first-order chi connectivity index (χ1) is 13.6. The maximum atomic E-state index is 14.0. The summed E-state index contributed by atoms with van der Waals surface area (Å²) in [6.07, 6.45) is 0.638. The molecule has 6 heteroatoms. The fourth-order valence-corrected chi connectivity index (χ4v) is 3.79. The second-order valence-corrected chi connectivity index (χ2v) is 7.13. The van der Waals surface area contributed by atoms with Gasteiger partial charge in [-0.05, 0) is 25.5 Å². The summed E-state index contributed by atoms with van der Waals surface area (Å²) >= 11 is 0. The van der Waals surface area contributed by atoms with E-state index in [0.29, 0.717) is 31.7 Å². The average Bonchev–Trinajstić information content (AvgIpc) is 2.69. The monoisotopic (exact) mass is 390 g/mol. The van der Waals surface area contributed by atoms with E-state index in [1.54, 1.807) is 12.1 Å². The molecule has 1 atom stereocenters. The zero-order valence-corrected chi connectivity index (χ0v) is 16.3. The number of aliphatic hydroxyl groups is 1. The molecule has 0 spiro atoms. The number of nitrogens with zero attached hydrogens (tertiary/aromatic N) is 2. The number of aliphatic hydroxyl groups excluding tert-OH is 1. The second-order valence-electron chi connectivity index (χ2n) is 7.13. The number of hydrogen-bond acceptors (Lipinski definition) is 4. The summed E-state index contributed by atoms with van der Waals surface area (Å²) in [5.74, 6) is -0.693. The van der Waals surface area contributed by atoms with Gasteiger partial charge in [-0.15, -0.1) is 0 Å². The summed E-state index contributed by atoms with van der Waals surface area (Å²) in [6.45, 7) is 6.04. The summed E-state index contributed by atoms with van der Waals surface area (Å²) in [5, 5.41) is 9.52. The van der Waals surface area contributed by atoms with Gasteiger partial charge in [-0.2, -0.15) is 0 Å². The summed E-state index contributed by atoms with van der Waals surface area (Å²) in [5.41, 5.74) is 1.50. The van der Waals surface area contributed by atoms with Crippen molar-refractivity contribution in [1.29, 1.82) is 0 Å². The Kier molecular flexibility index (Phi) is 7.36. The van der Waals surface area contributed by atoms with Gasteiger partial charge in [0, 0.05) is 56.5 Å². The molecule has 0 saturated carbocycles. The van der Waals surface area contributed by atoms with Gasteiger partial charge in [0.25, 0.3) is 0 Å². The molecular weight excluding hydrogens is 362 g/mol. The Morgan fingerprint density at radius 3 is 2.61 bits per heavy atom. The quantitative estimate of drug-likeness (QED) is 0.749. The van der Waals surface area contributed by atoms with E-state index in [4.69, 9.17) is 4.74 Å². The van der Waals surface area contributed by atoms with Crippen LogP contribution < -0.4 is 4.74 Å². The first kappa shape index (κ1) is 20.7. The Labute approximate surface area is 165 Å². The van der Waals surface area contributed by atoms with Crippen LogP contribution in [0.5, 0.6) is 5.75 Å². The third-order valence-corrected chi connectivity index (χ3v) is 5.22. The minimum Gasteiger partial charge on any atom is -0.494 e. The van der Waals surface area contributed by atoms with Gasteiger partial charge >= 0.3 is 0 Å². The van der Waals surface area contributed by atoms with Crippen LogP contribution in [0.15, 0.2) is 42.5 Å². The lowest BCUT2D eigenvalue weighted by Gasteiger charge is -2.41. The summed E-state index contributed by atoms with van der Waals surface area (Å²) in [4.78, 5) is 4.47. The minimum absolute atomic E-state index is 0.0937. The lowest BCUT2D eigenvalue weighted by Crippen LogP contribution is -2.52. The van der Waals surface area contributed by atoms with Crippen LogP contribution in [0.4, 0.5) is 8.78 Å². The van der Waals surface area contributed by atoms with E-state index in [2.05, 4.69) is 15.9 Å². The SMILES string of the molecule is CCOc1ccccc1CN1CCN(Cc2cccc(F)c2F)C[C@@H]1CCO. The maximum absolute atomic E-state index is 14.0. The van der Waals surface area contributed by atoms with Gasteiger partial charge in [-0.1, -0.05) is 30.3 Å². The Morgan fingerprint density at radius 1 is 1.04 bits per heavy atom. The van der Waals surface area contributed by atoms with E-state index >= 15 is 0 Å². The zero-order chi connectivity index (χ0) is 19.9. The molecule has 1 fully saturated rings. The van der Waals surface area contributed by atoms with Crippen LogP contribution in [0, 0.1) is 11.6 Å². The largest absolute Gasteiger partial charge is 0.494 e. The molecule has 1 aliphatic rings. The Bertz CT molecular complexity index is 772. The van der Waals surface area contributed by atoms with Crippen molar-refractivity contribution in [3.63, 3.8) is 0 Å². The molecule has 2 aromatic carbocycles. The van der Waals surface area contributed by atoms with Gasteiger partial charge in [0.2, 0.25) is 0 Å². The van der Waals surface area contributed by atoms with Gasteiger partial charge in [-0.3, -0.25) is 9.80 Å². The fraction of sp³-hybridized carbons (Fsp3) is 0.455. The molecule has 0 aliphatic carbocycles. The van der Waals surface area contributed by atoms with E-state index in [1.165, 1.54) is 0 Å². The van der Waals surface area contributed by atoms with Crippen LogP contribution in [-0.4, -0.2) is 53.8 Å². The molecule has 0 aromatic heterocycles. The lowest BCUT2D eigenvalue weighted by atomic mass is 10.1. The molecule has 1 heterocycles. The van der Waals surface area contributed by atoms with Crippen LogP contribution in [0.1, 0.15) is 24.5 Å². The Balaban J connectivity index is 1.68. The van der Waals surface area contributed by atoms with Crippen LogP contribution in [-0.2, 0) is 13.1 Å². The van der Waals surface area contributed by atoms with Crippen LogP contribution in [0.2, 0.25) is 0 Å². The first-order valence-corrected chi connectivity index (χ1v) is 9.83. The standard InChI is InChI=1S/C22H28F2N2O2/c1-2-28-21-9-4-3-6-17(21)15-26-12-11-25(16-19(26)10-13-27)14-18-7-5-8-20(23)22(18)24/h3-9,19,27H,2,10-16H2,1H3/t19-/m0/s1. The van der Waals surface area contributed by atoms with E-state index in [-0.39, 0.29) is 12.6 Å². The molecular formula is C22H28F2N2O2. The number of ether oxygens (including phenoxy) is 1. The average molecular weight is 390 g/mol. The van der Waals surface area contributed by atoms with E-state index in [0.717, 1.165) is 37.0 Å². The van der Waals surface area contributed by atoms with Crippen molar-refractivity contribution < 1.29 is 18.6 Å². The predicted octanol–water partition coefficient (Wildman–Crippen LogP) is 3.43. The highest BCUT2D eigenvalue weighted by molar-refractivity contribution is 5.33. The van der Waals surface area contributed by atoms with E-state index in [9.17, 15) is 13.9 Å². The molecule has 0 bridgehead atoms. The Hall–Kier alpha value is -2.02. The van der Waals surface area contributed by atoms with Crippen molar-refractivity contribution in [2.75, 3.05) is 32.8 Å². The predicted molar refractivity (Wildman–Crippen MR) is 105 cm³/mol. The van der Waals surface area contributed by atoms with Crippen LogP contribution >= 0.6 is 0 Å². The normalized spacial score (nSPS) is 18.4. The van der Waals surface area contributed by atoms with Gasteiger partial charge in [-0.25, -0.2) is 8.78 Å². The molecule has 3 rings (SSSR count). The maximum Gasteiger partial charge on any atom is 0.163 e. The van der Waals surface area contributed by atoms with Gasteiger partial charge in [0.05, 0.1) is 6.61 Å². The Morgan fingerprint density at radius 2 is 1.82 bits per heavy atom. The summed E-state index contributed by atoms with van der Waals surface area (Å²) in [7, 11) is 0. The highest BCUT2D eigenvalue weighted by Crippen LogP contribution is 2.24. The van der Waals surface area contributed by atoms with Gasteiger partial charge < -0.3 is 9.84 Å². The molecule has 4 nitrogen and oxygen atoms in total. The zero-order valence-electron chi connectivity index (χ0n) is 16.3. The highest BCUT2D eigenvalue weighted by Gasteiger charge is 2.28. The molecule has 1 saturated heterocycles. The molecule has 0 radical (unpaired) electrons. The van der Waals surface area contributed by atoms with Crippen molar-refractivity contribution in [1.82, 2.24) is 9.80 Å². The number of benzene rings is 2. The third kappa shape index (κ3) is 5.07. The van der Waals surface area contributed by atoms with E-state index < -0.39 is 11.6 Å². The van der Waals surface area contributed by atoms with Crippen molar-refractivity contribution in [2.45, 2.75) is 32.5 Å². The molecule has 0 amide bonds. The minimum atomic E-state index is -0.810. The van der Waals surface area contributed by atoms with Crippen molar-refractivity contribution >= 4 is 0 Å². The molecule has 1 N–H and O–H groups in total. The van der Waals surface area contributed by atoms with Gasteiger partial charge in [0.15, 0.2) is 11.6 Å². The number of hydrogen-bond donors (Lipinski definition) is 1. The molecule has 0 unspecified atom stereocenters. The number of piperazine rings is 1. The number of para-hydroxylation sites is 1. The summed E-state index contributed by atoms with van der Waals surface area (Å²) in [6, 6.07) is 12.5. The van der Waals surface area contributed by atoms with Crippen molar-refractivity contribution in [3.8, 4) is 5.75 Å². The summed E-state index contributed by atoms with van der Waals surface area (Å²) < 4.78 is 33.2. The topological polar surface area (TPSA) is 35.9 Å². The molecule has 2 aromatic rings.